The fourth-order valence-corrected chi connectivity index (χ4v) is 1.87. The predicted molar refractivity (Wildman–Crippen MR) is 69.8 cm³/mol. The molecule has 0 aliphatic rings. The van der Waals surface area contributed by atoms with Crippen molar-refractivity contribution in [1.82, 2.24) is 4.98 Å². The zero-order valence-corrected chi connectivity index (χ0v) is 10.4. The first-order chi connectivity index (χ1) is 8.08. The lowest BCUT2D eigenvalue weighted by Crippen LogP contribution is -1.92. The van der Waals surface area contributed by atoms with Gasteiger partial charge in [0.25, 0.3) is 0 Å². The van der Waals surface area contributed by atoms with Crippen molar-refractivity contribution in [2.45, 2.75) is 26.9 Å². The van der Waals surface area contributed by atoms with E-state index < -0.39 is 6.10 Å². The average molecular weight is 227 g/mol. The van der Waals surface area contributed by atoms with E-state index in [9.17, 15) is 5.11 Å². The monoisotopic (exact) mass is 227 g/mol. The molecule has 0 fully saturated rings. The summed E-state index contributed by atoms with van der Waals surface area (Å²) in [7, 11) is 0. The molecule has 0 aliphatic carbocycles. The highest BCUT2D eigenvalue weighted by molar-refractivity contribution is 5.66. The van der Waals surface area contributed by atoms with E-state index in [1.54, 1.807) is 6.92 Å². The summed E-state index contributed by atoms with van der Waals surface area (Å²) < 4.78 is 0. The Bertz CT molecular complexity index is 515. The molecular weight excluding hydrogens is 210 g/mol. The van der Waals surface area contributed by atoms with E-state index in [-0.39, 0.29) is 0 Å². The Kier molecular flexibility index (Phi) is 3.25. The minimum Gasteiger partial charge on any atom is -0.389 e. The average Bonchev–Trinajstić information content (AvgIpc) is 2.32. The van der Waals surface area contributed by atoms with E-state index in [0.29, 0.717) is 0 Å². The standard InChI is InChI=1S/C15H17NO/c1-10-8-15(11(2)16-9-10)14-6-4-13(5-7-14)12(3)17/h4-9,12,17H,1-3H3. The quantitative estimate of drug-likeness (QED) is 0.852. The van der Waals surface area contributed by atoms with Gasteiger partial charge in [0.2, 0.25) is 0 Å². The highest BCUT2D eigenvalue weighted by atomic mass is 16.3. The normalized spacial score (nSPS) is 12.5. The fraction of sp³-hybridized carbons (Fsp3) is 0.267. The Balaban J connectivity index is 2.43. The number of hydrogen-bond acceptors (Lipinski definition) is 2. The van der Waals surface area contributed by atoms with Crippen molar-refractivity contribution in [3.8, 4) is 11.1 Å². The van der Waals surface area contributed by atoms with Crippen LogP contribution in [-0.2, 0) is 0 Å². The molecule has 0 spiro atoms. The van der Waals surface area contributed by atoms with Crippen LogP contribution in [-0.4, -0.2) is 10.1 Å². The zero-order chi connectivity index (χ0) is 12.4. The van der Waals surface area contributed by atoms with E-state index >= 15 is 0 Å². The molecule has 0 radical (unpaired) electrons. The smallest absolute Gasteiger partial charge is 0.0761 e. The summed E-state index contributed by atoms with van der Waals surface area (Å²) in [5.41, 5.74) is 5.42. The first-order valence-corrected chi connectivity index (χ1v) is 5.79. The van der Waals surface area contributed by atoms with Crippen LogP contribution < -0.4 is 0 Å². The second-order valence-electron chi connectivity index (χ2n) is 4.44. The van der Waals surface area contributed by atoms with Gasteiger partial charge in [-0.15, -0.1) is 0 Å². The first kappa shape index (κ1) is 11.8. The van der Waals surface area contributed by atoms with Crippen molar-refractivity contribution >= 4 is 0 Å². The van der Waals surface area contributed by atoms with Crippen LogP contribution in [0.4, 0.5) is 0 Å². The highest BCUT2D eigenvalue weighted by Crippen LogP contribution is 2.24. The summed E-state index contributed by atoms with van der Waals surface area (Å²) in [4.78, 5) is 4.36. The van der Waals surface area contributed by atoms with Crippen molar-refractivity contribution in [2.24, 2.45) is 0 Å². The number of aryl methyl sites for hydroxylation is 2. The Morgan fingerprint density at radius 1 is 1.12 bits per heavy atom. The van der Waals surface area contributed by atoms with Crippen molar-refractivity contribution < 1.29 is 5.11 Å². The minimum absolute atomic E-state index is 0.416. The number of nitrogens with zero attached hydrogens (tertiary/aromatic N) is 1. The number of hydrogen-bond donors (Lipinski definition) is 1. The maximum Gasteiger partial charge on any atom is 0.0761 e. The molecule has 2 nitrogen and oxygen atoms in total. The number of aliphatic hydroxyl groups excluding tert-OH is 1. The van der Waals surface area contributed by atoms with E-state index in [0.717, 1.165) is 27.9 Å². The lowest BCUT2D eigenvalue weighted by atomic mass is 10.0. The fourth-order valence-electron chi connectivity index (χ4n) is 1.87. The van der Waals surface area contributed by atoms with Crippen LogP contribution in [0, 0.1) is 13.8 Å². The summed E-state index contributed by atoms with van der Waals surface area (Å²) in [5.74, 6) is 0. The molecule has 1 atom stereocenters. The molecule has 0 saturated carbocycles. The number of aromatic nitrogens is 1. The summed E-state index contributed by atoms with van der Waals surface area (Å²) in [6.45, 7) is 5.83. The maximum atomic E-state index is 9.47. The van der Waals surface area contributed by atoms with Crippen molar-refractivity contribution in [3.63, 3.8) is 0 Å². The van der Waals surface area contributed by atoms with Gasteiger partial charge < -0.3 is 5.11 Å². The molecule has 1 aromatic carbocycles. The largest absolute Gasteiger partial charge is 0.389 e. The Morgan fingerprint density at radius 3 is 2.35 bits per heavy atom. The SMILES string of the molecule is Cc1cnc(C)c(-c2ccc(C(C)O)cc2)c1. The van der Waals surface area contributed by atoms with Crippen molar-refractivity contribution in [3.05, 3.63) is 53.3 Å². The molecule has 0 saturated heterocycles. The molecule has 1 N–H and O–H groups in total. The Morgan fingerprint density at radius 2 is 1.76 bits per heavy atom. The molecule has 1 aromatic heterocycles. The molecule has 2 aromatic rings. The molecule has 17 heavy (non-hydrogen) atoms. The van der Waals surface area contributed by atoms with Crippen LogP contribution in [0.15, 0.2) is 36.5 Å². The van der Waals surface area contributed by atoms with Crippen LogP contribution >= 0.6 is 0 Å². The molecule has 1 unspecified atom stereocenters. The number of aliphatic hydroxyl groups is 1. The summed E-state index contributed by atoms with van der Waals surface area (Å²) in [6.07, 6.45) is 1.46. The maximum absolute atomic E-state index is 9.47. The number of rotatable bonds is 2. The Labute approximate surface area is 102 Å². The van der Waals surface area contributed by atoms with Crippen LogP contribution in [0.5, 0.6) is 0 Å². The molecule has 88 valence electrons. The third-order valence-electron chi connectivity index (χ3n) is 2.93. The lowest BCUT2D eigenvalue weighted by molar-refractivity contribution is 0.199. The van der Waals surface area contributed by atoms with Gasteiger partial charge in [-0.25, -0.2) is 0 Å². The van der Waals surface area contributed by atoms with Crippen molar-refractivity contribution in [2.75, 3.05) is 0 Å². The second-order valence-corrected chi connectivity index (χ2v) is 4.44. The van der Waals surface area contributed by atoms with E-state index in [1.165, 1.54) is 0 Å². The van der Waals surface area contributed by atoms with Gasteiger partial charge in [0.15, 0.2) is 0 Å². The topological polar surface area (TPSA) is 33.1 Å². The highest BCUT2D eigenvalue weighted by Gasteiger charge is 2.05. The van der Waals surface area contributed by atoms with E-state index in [1.807, 2.05) is 44.3 Å². The van der Waals surface area contributed by atoms with E-state index in [4.69, 9.17) is 0 Å². The van der Waals surface area contributed by atoms with Gasteiger partial charge >= 0.3 is 0 Å². The van der Waals surface area contributed by atoms with Gasteiger partial charge in [0.05, 0.1) is 6.10 Å². The van der Waals surface area contributed by atoms with Gasteiger partial charge in [-0.3, -0.25) is 4.98 Å². The molecule has 2 rings (SSSR count). The van der Waals surface area contributed by atoms with Gasteiger partial charge in [0, 0.05) is 17.5 Å². The molecule has 0 bridgehead atoms. The molecular formula is C15H17NO. The molecule has 1 heterocycles. The number of benzene rings is 1. The lowest BCUT2D eigenvalue weighted by Gasteiger charge is -2.09. The van der Waals surface area contributed by atoms with Crippen LogP contribution in [0.1, 0.15) is 29.8 Å². The van der Waals surface area contributed by atoms with Gasteiger partial charge in [-0.05, 0) is 43.5 Å². The third-order valence-corrected chi connectivity index (χ3v) is 2.93. The van der Waals surface area contributed by atoms with Crippen LogP contribution in [0.2, 0.25) is 0 Å². The zero-order valence-electron chi connectivity index (χ0n) is 10.4. The first-order valence-electron chi connectivity index (χ1n) is 5.79. The molecule has 0 amide bonds. The second kappa shape index (κ2) is 4.68. The van der Waals surface area contributed by atoms with Crippen LogP contribution in [0.3, 0.4) is 0 Å². The summed E-state index contributed by atoms with van der Waals surface area (Å²) in [6, 6.07) is 10.1. The minimum atomic E-state index is -0.416. The Hall–Kier alpha value is -1.67. The van der Waals surface area contributed by atoms with Crippen LogP contribution in [0.25, 0.3) is 11.1 Å². The van der Waals surface area contributed by atoms with Gasteiger partial charge in [-0.2, -0.15) is 0 Å². The van der Waals surface area contributed by atoms with Gasteiger partial charge in [0.1, 0.15) is 0 Å². The molecule has 2 heteroatoms. The number of pyridine rings is 1. The van der Waals surface area contributed by atoms with E-state index in [2.05, 4.69) is 11.1 Å². The molecule has 0 aliphatic heterocycles. The van der Waals surface area contributed by atoms with Crippen molar-refractivity contribution in [1.29, 1.82) is 0 Å². The van der Waals surface area contributed by atoms with Gasteiger partial charge in [-0.1, -0.05) is 24.3 Å². The predicted octanol–water partition coefficient (Wildman–Crippen LogP) is 3.42. The summed E-state index contributed by atoms with van der Waals surface area (Å²) >= 11 is 0. The summed E-state index contributed by atoms with van der Waals surface area (Å²) in [5, 5.41) is 9.47. The third kappa shape index (κ3) is 2.53.